The molecule has 0 bridgehead atoms. The van der Waals surface area contributed by atoms with Crippen molar-refractivity contribution in [2.45, 2.75) is 38.3 Å². The summed E-state index contributed by atoms with van der Waals surface area (Å²) in [5.41, 5.74) is 1.49. The number of nitrogens with zero attached hydrogens (tertiary/aromatic N) is 2. The number of piperidine rings is 1. The molecule has 2 aliphatic heterocycles. The summed E-state index contributed by atoms with van der Waals surface area (Å²) in [6, 6.07) is 8.04. The van der Waals surface area contributed by atoms with Gasteiger partial charge in [-0.1, -0.05) is 18.6 Å². The third kappa shape index (κ3) is 3.63. The Hall–Kier alpha value is -1.39. The van der Waals surface area contributed by atoms with Crippen molar-refractivity contribution >= 4 is 5.97 Å². The molecule has 2 fully saturated rings. The van der Waals surface area contributed by atoms with Gasteiger partial charge >= 0.3 is 5.97 Å². The molecule has 2 saturated heterocycles. The molecule has 0 amide bonds. The van der Waals surface area contributed by atoms with Gasteiger partial charge in [0.1, 0.15) is 0 Å². The van der Waals surface area contributed by atoms with E-state index in [0.717, 1.165) is 25.2 Å². The number of benzene rings is 1. The minimum Gasteiger partial charge on any atom is -0.478 e. The lowest BCUT2D eigenvalue weighted by atomic mass is 10.1. The SMILES string of the molecule is O=C(O)c1cccc(CN2CC[C@@H](N3CCCCC3)C2)c1. The number of likely N-dealkylation sites (tertiary alicyclic amines) is 2. The molecule has 3 rings (SSSR count). The molecule has 1 aromatic carbocycles. The van der Waals surface area contributed by atoms with E-state index in [1.165, 1.54) is 38.8 Å². The average Bonchev–Trinajstić information content (AvgIpc) is 2.97. The minimum atomic E-state index is -0.843. The van der Waals surface area contributed by atoms with Crippen LogP contribution in [0.4, 0.5) is 0 Å². The zero-order valence-corrected chi connectivity index (χ0v) is 12.5. The largest absolute Gasteiger partial charge is 0.478 e. The van der Waals surface area contributed by atoms with Crippen molar-refractivity contribution in [2.75, 3.05) is 26.2 Å². The molecule has 0 aliphatic carbocycles. The van der Waals surface area contributed by atoms with Crippen LogP contribution >= 0.6 is 0 Å². The summed E-state index contributed by atoms with van der Waals surface area (Å²) in [6.45, 7) is 5.63. The van der Waals surface area contributed by atoms with E-state index in [-0.39, 0.29) is 0 Å². The van der Waals surface area contributed by atoms with Gasteiger partial charge in [-0.05, 0) is 50.0 Å². The lowest BCUT2D eigenvalue weighted by Gasteiger charge is -2.32. The summed E-state index contributed by atoms with van der Waals surface area (Å²) < 4.78 is 0. The van der Waals surface area contributed by atoms with Gasteiger partial charge in [-0.15, -0.1) is 0 Å². The van der Waals surface area contributed by atoms with E-state index in [4.69, 9.17) is 5.11 Å². The molecule has 1 atom stereocenters. The first kappa shape index (κ1) is 14.5. The van der Waals surface area contributed by atoms with E-state index in [1.54, 1.807) is 12.1 Å². The quantitative estimate of drug-likeness (QED) is 0.924. The molecule has 114 valence electrons. The standard InChI is InChI=1S/C17H24N2O2/c20-17(21)15-6-4-5-14(11-15)12-18-10-7-16(13-18)19-8-2-1-3-9-19/h4-6,11,16H,1-3,7-10,12-13H2,(H,20,21)/t16-/m1/s1. The van der Waals surface area contributed by atoms with Crippen LogP contribution in [0.3, 0.4) is 0 Å². The summed E-state index contributed by atoms with van der Waals surface area (Å²) in [4.78, 5) is 16.1. The minimum absolute atomic E-state index is 0.388. The van der Waals surface area contributed by atoms with Crippen LogP contribution < -0.4 is 0 Å². The van der Waals surface area contributed by atoms with Crippen LogP contribution in [0.15, 0.2) is 24.3 Å². The van der Waals surface area contributed by atoms with Gasteiger partial charge < -0.3 is 5.11 Å². The third-order valence-corrected chi connectivity index (χ3v) is 4.73. The van der Waals surface area contributed by atoms with Crippen LogP contribution in [0.2, 0.25) is 0 Å². The summed E-state index contributed by atoms with van der Waals surface area (Å²) >= 11 is 0. The highest BCUT2D eigenvalue weighted by atomic mass is 16.4. The van der Waals surface area contributed by atoms with E-state index in [1.807, 2.05) is 12.1 Å². The molecular weight excluding hydrogens is 264 g/mol. The molecule has 1 N–H and O–H groups in total. The Bertz CT molecular complexity index is 497. The Morgan fingerprint density at radius 2 is 2.00 bits per heavy atom. The van der Waals surface area contributed by atoms with E-state index < -0.39 is 5.97 Å². The fourth-order valence-electron chi connectivity index (χ4n) is 3.60. The predicted octanol–water partition coefficient (Wildman–Crippen LogP) is 2.45. The predicted molar refractivity (Wildman–Crippen MR) is 82.5 cm³/mol. The summed E-state index contributed by atoms with van der Waals surface area (Å²) in [5.74, 6) is -0.843. The maximum absolute atomic E-state index is 11.0. The molecule has 2 heterocycles. The van der Waals surface area contributed by atoms with E-state index in [2.05, 4.69) is 9.80 Å². The summed E-state index contributed by atoms with van der Waals surface area (Å²) in [6.07, 6.45) is 5.32. The number of rotatable bonds is 4. The molecule has 0 unspecified atom stereocenters. The number of carboxylic acid groups (broad SMARTS) is 1. The molecule has 0 aromatic heterocycles. The number of carbonyl (C=O) groups is 1. The Labute approximate surface area is 126 Å². The Kier molecular flexibility index (Phi) is 4.56. The van der Waals surface area contributed by atoms with Gasteiger partial charge in [-0.3, -0.25) is 9.80 Å². The first-order valence-corrected chi connectivity index (χ1v) is 8.01. The van der Waals surface area contributed by atoms with Crippen LogP contribution in [0, 0.1) is 0 Å². The van der Waals surface area contributed by atoms with Crippen LogP contribution in [0.5, 0.6) is 0 Å². The lowest BCUT2D eigenvalue weighted by Crippen LogP contribution is -2.40. The molecule has 4 heteroatoms. The maximum atomic E-state index is 11.0. The van der Waals surface area contributed by atoms with Crippen molar-refractivity contribution in [1.82, 2.24) is 9.80 Å². The van der Waals surface area contributed by atoms with E-state index >= 15 is 0 Å². The van der Waals surface area contributed by atoms with Gasteiger partial charge in [0.05, 0.1) is 5.56 Å². The number of hydrogen-bond acceptors (Lipinski definition) is 3. The topological polar surface area (TPSA) is 43.8 Å². The highest BCUT2D eigenvalue weighted by molar-refractivity contribution is 5.87. The van der Waals surface area contributed by atoms with Crippen LogP contribution in [-0.4, -0.2) is 53.1 Å². The van der Waals surface area contributed by atoms with E-state index in [0.29, 0.717) is 11.6 Å². The monoisotopic (exact) mass is 288 g/mol. The lowest BCUT2D eigenvalue weighted by molar-refractivity contribution is 0.0696. The normalized spacial score (nSPS) is 24.3. The molecule has 0 radical (unpaired) electrons. The van der Waals surface area contributed by atoms with Gasteiger partial charge in [0.2, 0.25) is 0 Å². The number of aromatic carboxylic acids is 1. The van der Waals surface area contributed by atoms with Crippen LogP contribution in [-0.2, 0) is 6.54 Å². The van der Waals surface area contributed by atoms with Crippen molar-refractivity contribution in [2.24, 2.45) is 0 Å². The molecule has 21 heavy (non-hydrogen) atoms. The zero-order valence-electron chi connectivity index (χ0n) is 12.5. The van der Waals surface area contributed by atoms with Gasteiger partial charge in [-0.2, -0.15) is 0 Å². The fraction of sp³-hybridized carbons (Fsp3) is 0.588. The fourth-order valence-corrected chi connectivity index (χ4v) is 3.60. The zero-order chi connectivity index (χ0) is 14.7. The smallest absolute Gasteiger partial charge is 0.335 e. The molecule has 0 spiro atoms. The summed E-state index contributed by atoms with van der Waals surface area (Å²) in [5, 5.41) is 9.06. The van der Waals surface area contributed by atoms with Crippen molar-refractivity contribution in [1.29, 1.82) is 0 Å². The first-order chi connectivity index (χ1) is 10.2. The Morgan fingerprint density at radius 1 is 1.19 bits per heavy atom. The van der Waals surface area contributed by atoms with Crippen LogP contribution in [0.1, 0.15) is 41.6 Å². The second-order valence-corrected chi connectivity index (χ2v) is 6.28. The maximum Gasteiger partial charge on any atom is 0.335 e. The molecule has 0 saturated carbocycles. The van der Waals surface area contributed by atoms with Gasteiger partial charge in [0.25, 0.3) is 0 Å². The van der Waals surface area contributed by atoms with Crippen molar-refractivity contribution in [3.05, 3.63) is 35.4 Å². The first-order valence-electron chi connectivity index (χ1n) is 8.01. The van der Waals surface area contributed by atoms with E-state index in [9.17, 15) is 4.79 Å². The highest BCUT2D eigenvalue weighted by Crippen LogP contribution is 2.21. The van der Waals surface area contributed by atoms with Crippen molar-refractivity contribution in [3.8, 4) is 0 Å². The number of hydrogen-bond donors (Lipinski definition) is 1. The number of carboxylic acids is 1. The second-order valence-electron chi connectivity index (χ2n) is 6.28. The second kappa shape index (κ2) is 6.58. The van der Waals surface area contributed by atoms with Gasteiger partial charge in [0, 0.05) is 25.7 Å². The molecule has 2 aliphatic rings. The average molecular weight is 288 g/mol. The molecule has 1 aromatic rings. The van der Waals surface area contributed by atoms with Crippen molar-refractivity contribution in [3.63, 3.8) is 0 Å². The van der Waals surface area contributed by atoms with Crippen molar-refractivity contribution < 1.29 is 9.90 Å². The Morgan fingerprint density at radius 3 is 2.76 bits per heavy atom. The summed E-state index contributed by atoms with van der Waals surface area (Å²) in [7, 11) is 0. The Balaban J connectivity index is 1.56. The highest BCUT2D eigenvalue weighted by Gasteiger charge is 2.28. The molecule has 4 nitrogen and oxygen atoms in total. The van der Waals surface area contributed by atoms with Gasteiger partial charge in [0.15, 0.2) is 0 Å². The third-order valence-electron chi connectivity index (χ3n) is 4.73. The van der Waals surface area contributed by atoms with Gasteiger partial charge in [-0.25, -0.2) is 4.79 Å². The molecular formula is C17H24N2O2. The van der Waals surface area contributed by atoms with Crippen LogP contribution in [0.25, 0.3) is 0 Å².